The van der Waals surface area contributed by atoms with E-state index >= 15 is 0 Å². The molecular formula is C15H20N2. The molecule has 0 saturated carbocycles. The quantitative estimate of drug-likeness (QED) is 0.832. The lowest BCUT2D eigenvalue weighted by molar-refractivity contribution is 0.597. The normalized spacial score (nSPS) is 12.6. The van der Waals surface area contributed by atoms with Gasteiger partial charge in [-0.1, -0.05) is 37.3 Å². The zero-order valence-electron chi connectivity index (χ0n) is 10.6. The minimum absolute atomic E-state index is 0.552. The number of nitrogens with one attached hydrogen (secondary N) is 1. The molecule has 2 rings (SSSR count). The average molecular weight is 228 g/mol. The first-order chi connectivity index (χ1) is 8.27. The van der Waals surface area contributed by atoms with Crippen LogP contribution in [0.3, 0.4) is 0 Å². The highest BCUT2D eigenvalue weighted by molar-refractivity contribution is 5.19. The summed E-state index contributed by atoms with van der Waals surface area (Å²) in [6.07, 6.45) is 2.08. The van der Waals surface area contributed by atoms with Crippen molar-refractivity contribution in [3.63, 3.8) is 0 Å². The lowest BCUT2D eigenvalue weighted by Gasteiger charge is -2.13. The lowest BCUT2D eigenvalue weighted by atomic mass is 10.0. The van der Waals surface area contributed by atoms with Crippen molar-refractivity contribution in [1.29, 1.82) is 0 Å². The molecule has 90 valence electrons. The highest BCUT2D eigenvalue weighted by Crippen LogP contribution is 2.13. The molecule has 2 heteroatoms. The van der Waals surface area contributed by atoms with Crippen molar-refractivity contribution in [2.75, 3.05) is 6.54 Å². The Morgan fingerprint density at radius 2 is 1.88 bits per heavy atom. The molecule has 2 nitrogen and oxygen atoms in total. The fraction of sp³-hybridized carbons (Fsp3) is 0.333. The summed E-state index contributed by atoms with van der Waals surface area (Å²) in [7, 11) is 2.08. The Balaban J connectivity index is 1.81. The van der Waals surface area contributed by atoms with Crippen LogP contribution in [-0.4, -0.2) is 11.1 Å². The van der Waals surface area contributed by atoms with Gasteiger partial charge in [-0.3, -0.25) is 0 Å². The molecule has 0 aliphatic rings. The van der Waals surface area contributed by atoms with E-state index in [0.29, 0.717) is 5.92 Å². The van der Waals surface area contributed by atoms with Crippen LogP contribution in [0.4, 0.5) is 0 Å². The summed E-state index contributed by atoms with van der Waals surface area (Å²) < 4.78 is 2.15. The van der Waals surface area contributed by atoms with Crippen molar-refractivity contribution in [2.45, 2.75) is 19.4 Å². The van der Waals surface area contributed by atoms with Crippen LogP contribution in [0.1, 0.15) is 24.1 Å². The number of benzene rings is 1. The van der Waals surface area contributed by atoms with Crippen molar-refractivity contribution in [1.82, 2.24) is 9.88 Å². The van der Waals surface area contributed by atoms with Crippen molar-refractivity contribution in [3.05, 3.63) is 59.9 Å². The number of aromatic nitrogens is 1. The second-order valence-electron chi connectivity index (χ2n) is 4.55. The van der Waals surface area contributed by atoms with Gasteiger partial charge in [0.05, 0.1) is 0 Å². The maximum Gasteiger partial charge on any atom is 0.0359 e. The van der Waals surface area contributed by atoms with Crippen LogP contribution in [0.25, 0.3) is 0 Å². The SMILES string of the molecule is CC(CNCc1cccn1C)c1ccccc1. The van der Waals surface area contributed by atoms with Crippen LogP contribution < -0.4 is 5.32 Å². The van der Waals surface area contributed by atoms with Gasteiger partial charge in [0.1, 0.15) is 0 Å². The van der Waals surface area contributed by atoms with Crippen molar-refractivity contribution >= 4 is 0 Å². The molecule has 1 heterocycles. The maximum atomic E-state index is 3.51. The van der Waals surface area contributed by atoms with Gasteiger partial charge in [0.2, 0.25) is 0 Å². The van der Waals surface area contributed by atoms with Crippen LogP contribution in [-0.2, 0) is 13.6 Å². The van der Waals surface area contributed by atoms with Crippen LogP contribution in [0.5, 0.6) is 0 Å². The van der Waals surface area contributed by atoms with Gasteiger partial charge in [-0.05, 0) is 23.6 Å². The standard InChI is InChI=1S/C15H20N2/c1-13(14-7-4-3-5-8-14)11-16-12-15-9-6-10-17(15)2/h3-10,13,16H,11-12H2,1-2H3. The van der Waals surface area contributed by atoms with Crippen molar-refractivity contribution in [2.24, 2.45) is 7.05 Å². The molecule has 2 aromatic rings. The van der Waals surface area contributed by atoms with E-state index in [0.717, 1.165) is 13.1 Å². The Kier molecular flexibility index (Phi) is 3.99. The molecule has 1 N–H and O–H groups in total. The van der Waals surface area contributed by atoms with Gasteiger partial charge in [0.25, 0.3) is 0 Å². The van der Waals surface area contributed by atoms with Gasteiger partial charge in [0, 0.05) is 32.0 Å². The molecule has 0 saturated heterocycles. The zero-order chi connectivity index (χ0) is 12.1. The third-order valence-corrected chi connectivity index (χ3v) is 3.18. The van der Waals surface area contributed by atoms with Gasteiger partial charge >= 0.3 is 0 Å². The van der Waals surface area contributed by atoms with E-state index in [9.17, 15) is 0 Å². The summed E-state index contributed by atoms with van der Waals surface area (Å²) in [4.78, 5) is 0. The van der Waals surface area contributed by atoms with Crippen molar-refractivity contribution < 1.29 is 0 Å². The van der Waals surface area contributed by atoms with Gasteiger partial charge in [0.15, 0.2) is 0 Å². The second-order valence-corrected chi connectivity index (χ2v) is 4.55. The molecule has 1 aromatic heterocycles. The van der Waals surface area contributed by atoms with E-state index in [1.165, 1.54) is 11.3 Å². The monoisotopic (exact) mass is 228 g/mol. The minimum atomic E-state index is 0.552. The van der Waals surface area contributed by atoms with Gasteiger partial charge in [-0.2, -0.15) is 0 Å². The molecule has 1 unspecified atom stereocenters. The van der Waals surface area contributed by atoms with Crippen LogP contribution >= 0.6 is 0 Å². The topological polar surface area (TPSA) is 17.0 Å². The van der Waals surface area contributed by atoms with E-state index in [2.05, 4.69) is 72.5 Å². The maximum absolute atomic E-state index is 3.51. The summed E-state index contributed by atoms with van der Waals surface area (Å²) in [5.41, 5.74) is 2.72. The first-order valence-corrected chi connectivity index (χ1v) is 6.13. The zero-order valence-corrected chi connectivity index (χ0v) is 10.6. The number of aryl methyl sites for hydroxylation is 1. The minimum Gasteiger partial charge on any atom is -0.353 e. The molecule has 17 heavy (non-hydrogen) atoms. The summed E-state index contributed by atoms with van der Waals surface area (Å²) in [5.74, 6) is 0.552. The Morgan fingerprint density at radius 1 is 1.12 bits per heavy atom. The third kappa shape index (κ3) is 3.21. The molecular weight excluding hydrogens is 208 g/mol. The molecule has 1 atom stereocenters. The molecule has 0 bridgehead atoms. The molecule has 0 fully saturated rings. The third-order valence-electron chi connectivity index (χ3n) is 3.18. The van der Waals surface area contributed by atoms with Gasteiger partial charge in [-0.25, -0.2) is 0 Å². The molecule has 0 spiro atoms. The number of hydrogen-bond acceptors (Lipinski definition) is 1. The van der Waals surface area contributed by atoms with Crippen LogP contribution in [0, 0.1) is 0 Å². The van der Waals surface area contributed by atoms with Crippen molar-refractivity contribution in [3.8, 4) is 0 Å². The number of hydrogen-bond donors (Lipinski definition) is 1. The molecule has 0 radical (unpaired) electrons. The van der Waals surface area contributed by atoms with Crippen LogP contribution in [0.15, 0.2) is 48.7 Å². The second kappa shape index (κ2) is 5.69. The Labute approximate surface area is 103 Å². The first-order valence-electron chi connectivity index (χ1n) is 6.13. The van der Waals surface area contributed by atoms with Gasteiger partial charge < -0.3 is 9.88 Å². The number of rotatable bonds is 5. The molecule has 0 aliphatic heterocycles. The molecule has 0 amide bonds. The van der Waals surface area contributed by atoms with E-state index in [4.69, 9.17) is 0 Å². The fourth-order valence-corrected chi connectivity index (χ4v) is 2.00. The van der Waals surface area contributed by atoms with E-state index in [-0.39, 0.29) is 0 Å². The van der Waals surface area contributed by atoms with E-state index in [1.807, 2.05) is 0 Å². The smallest absolute Gasteiger partial charge is 0.0359 e. The Bertz CT molecular complexity index is 445. The first kappa shape index (κ1) is 11.9. The summed E-state index contributed by atoms with van der Waals surface area (Å²) in [5, 5.41) is 3.51. The number of nitrogens with zero attached hydrogens (tertiary/aromatic N) is 1. The Morgan fingerprint density at radius 3 is 2.53 bits per heavy atom. The van der Waals surface area contributed by atoms with Crippen LogP contribution in [0.2, 0.25) is 0 Å². The molecule has 1 aromatic carbocycles. The predicted molar refractivity (Wildman–Crippen MR) is 72.0 cm³/mol. The fourth-order valence-electron chi connectivity index (χ4n) is 2.00. The summed E-state index contributed by atoms with van der Waals surface area (Å²) in [6.45, 7) is 4.20. The lowest BCUT2D eigenvalue weighted by Crippen LogP contribution is -2.20. The Hall–Kier alpha value is -1.54. The van der Waals surface area contributed by atoms with E-state index < -0.39 is 0 Å². The highest BCUT2D eigenvalue weighted by Gasteiger charge is 2.04. The summed E-state index contributed by atoms with van der Waals surface area (Å²) in [6, 6.07) is 14.9. The van der Waals surface area contributed by atoms with Gasteiger partial charge in [-0.15, -0.1) is 0 Å². The predicted octanol–water partition coefficient (Wildman–Crippen LogP) is 2.92. The van der Waals surface area contributed by atoms with E-state index in [1.54, 1.807) is 0 Å². The molecule has 0 aliphatic carbocycles. The average Bonchev–Trinajstić information content (AvgIpc) is 2.76. The summed E-state index contributed by atoms with van der Waals surface area (Å²) >= 11 is 0. The highest BCUT2D eigenvalue weighted by atomic mass is 15.0. The largest absolute Gasteiger partial charge is 0.353 e.